The quantitative estimate of drug-likeness (QED) is 0.414. The third-order valence-corrected chi connectivity index (χ3v) is 5.31. The van der Waals surface area contributed by atoms with Crippen LogP contribution < -0.4 is 24.3 Å². The number of furan rings is 1. The third kappa shape index (κ3) is 5.57. The van der Waals surface area contributed by atoms with Gasteiger partial charge in [0.15, 0.2) is 16.6 Å². The topological polar surface area (TPSA) is 65.3 Å². The van der Waals surface area contributed by atoms with Gasteiger partial charge in [0, 0.05) is 17.6 Å². The van der Waals surface area contributed by atoms with Gasteiger partial charge in [0.25, 0.3) is 0 Å². The molecule has 0 spiro atoms. The Kier molecular flexibility index (Phi) is 8.08. The second-order valence-electron chi connectivity index (χ2n) is 6.74. The minimum absolute atomic E-state index is 0.450. The van der Waals surface area contributed by atoms with Crippen LogP contribution >= 0.6 is 23.8 Å². The molecule has 1 heterocycles. The SMILES string of the molecule is COc1cc(Cl)ccc1NC(=S)N(Cc1cc(OC)c(OC)c(OC)c1)Cc1ccco1. The van der Waals surface area contributed by atoms with Crippen LogP contribution in [0.3, 0.4) is 0 Å². The molecule has 0 fully saturated rings. The molecule has 2 aromatic carbocycles. The fourth-order valence-corrected chi connectivity index (χ4v) is 3.60. The lowest BCUT2D eigenvalue weighted by atomic mass is 10.1. The van der Waals surface area contributed by atoms with Crippen molar-refractivity contribution in [3.63, 3.8) is 0 Å². The molecular formula is C23H25ClN2O5S. The van der Waals surface area contributed by atoms with E-state index >= 15 is 0 Å². The molecule has 1 N–H and O–H groups in total. The zero-order valence-electron chi connectivity index (χ0n) is 18.3. The van der Waals surface area contributed by atoms with E-state index in [1.807, 2.05) is 35.2 Å². The number of hydrogen-bond acceptors (Lipinski definition) is 6. The number of nitrogens with one attached hydrogen (secondary N) is 1. The maximum absolute atomic E-state index is 6.08. The van der Waals surface area contributed by atoms with Gasteiger partial charge in [-0.3, -0.25) is 0 Å². The van der Waals surface area contributed by atoms with Gasteiger partial charge in [-0.2, -0.15) is 0 Å². The average molecular weight is 477 g/mol. The van der Waals surface area contributed by atoms with Gasteiger partial charge in [0.1, 0.15) is 11.5 Å². The minimum atomic E-state index is 0.450. The summed E-state index contributed by atoms with van der Waals surface area (Å²) in [6, 6.07) is 12.8. The first-order valence-electron chi connectivity index (χ1n) is 9.69. The van der Waals surface area contributed by atoms with Crippen LogP contribution in [0.2, 0.25) is 5.02 Å². The van der Waals surface area contributed by atoms with Crippen LogP contribution in [-0.2, 0) is 13.1 Å². The van der Waals surface area contributed by atoms with Crippen LogP contribution in [0.4, 0.5) is 5.69 Å². The number of halogens is 1. The summed E-state index contributed by atoms with van der Waals surface area (Å²) in [5, 5.41) is 4.30. The lowest BCUT2D eigenvalue weighted by molar-refractivity contribution is 0.321. The van der Waals surface area contributed by atoms with Gasteiger partial charge in [0.05, 0.1) is 46.9 Å². The molecule has 0 atom stereocenters. The molecule has 0 saturated heterocycles. The minimum Gasteiger partial charge on any atom is -0.495 e. The second kappa shape index (κ2) is 11.0. The third-order valence-electron chi connectivity index (χ3n) is 4.72. The Bertz CT molecular complexity index is 1030. The molecule has 0 amide bonds. The number of nitrogens with zero attached hydrogens (tertiary/aromatic N) is 1. The number of methoxy groups -OCH3 is 4. The molecular weight excluding hydrogens is 452 g/mol. The summed E-state index contributed by atoms with van der Waals surface area (Å²) in [6.45, 7) is 0.907. The van der Waals surface area contributed by atoms with E-state index in [1.165, 1.54) is 0 Å². The highest BCUT2D eigenvalue weighted by Crippen LogP contribution is 2.38. The van der Waals surface area contributed by atoms with E-state index in [2.05, 4.69) is 5.32 Å². The van der Waals surface area contributed by atoms with Crippen molar-refractivity contribution in [2.45, 2.75) is 13.1 Å². The van der Waals surface area contributed by atoms with E-state index in [0.717, 1.165) is 11.3 Å². The number of ether oxygens (including phenoxy) is 4. The van der Waals surface area contributed by atoms with E-state index < -0.39 is 0 Å². The number of benzene rings is 2. The summed E-state index contributed by atoms with van der Waals surface area (Å²) in [5.41, 5.74) is 1.62. The van der Waals surface area contributed by atoms with Crippen LogP contribution in [0.5, 0.6) is 23.0 Å². The van der Waals surface area contributed by atoms with E-state index in [4.69, 9.17) is 47.2 Å². The molecule has 170 valence electrons. The summed E-state index contributed by atoms with van der Waals surface area (Å²) >= 11 is 11.8. The summed E-state index contributed by atoms with van der Waals surface area (Å²) in [4.78, 5) is 1.96. The Hall–Kier alpha value is -3.10. The Labute approximate surface area is 197 Å². The van der Waals surface area contributed by atoms with E-state index in [1.54, 1.807) is 46.8 Å². The fraction of sp³-hybridized carbons (Fsp3) is 0.261. The zero-order chi connectivity index (χ0) is 23.1. The van der Waals surface area contributed by atoms with Crippen LogP contribution in [0.15, 0.2) is 53.1 Å². The molecule has 1 aromatic heterocycles. The second-order valence-corrected chi connectivity index (χ2v) is 7.57. The summed E-state index contributed by atoms with van der Waals surface area (Å²) in [6.07, 6.45) is 1.63. The smallest absolute Gasteiger partial charge is 0.203 e. The first kappa shape index (κ1) is 23.6. The van der Waals surface area contributed by atoms with Crippen molar-refractivity contribution in [3.05, 3.63) is 65.1 Å². The van der Waals surface area contributed by atoms with Crippen molar-refractivity contribution in [1.82, 2.24) is 4.90 Å². The van der Waals surface area contributed by atoms with Crippen molar-refractivity contribution in [2.24, 2.45) is 0 Å². The molecule has 3 rings (SSSR count). The first-order valence-corrected chi connectivity index (χ1v) is 10.5. The molecule has 0 aliphatic heterocycles. The standard InChI is InChI=1S/C23H25ClN2O5S/c1-27-19-12-16(24)7-8-18(19)25-23(32)26(14-17-6-5-9-31-17)13-15-10-20(28-2)22(30-4)21(11-15)29-3/h5-12H,13-14H2,1-4H3,(H,25,32). The fourth-order valence-electron chi connectivity index (χ4n) is 3.20. The van der Waals surface area contributed by atoms with Crippen molar-refractivity contribution in [2.75, 3.05) is 33.8 Å². The van der Waals surface area contributed by atoms with Crippen LogP contribution in [0, 0.1) is 0 Å². The maximum atomic E-state index is 6.08. The molecule has 0 radical (unpaired) electrons. The summed E-state index contributed by atoms with van der Waals surface area (Å²) in [7, 11) is 6.32. The molecule has 9 heteroatoms. The largest absolute Gasteiger partial charge is 0.495 e. The van der Waals surface area contributed by atoms with Gasteiger partial charge in [-0.05, 0) is 54.2 Å². The zero-order valence-corrected chi connectivity index (χ0v) is 19.9. The number of hydrogen-bond donors (Lipinski definition) is 1. The molecule has 0 unspecified atom stereocenters. The van der Waals surface area contributed by atoms with E-state index in [-0.39, 0.29) is 0 Å². The summed E-state index contributed by atoms with van der Waals surface area (Å²) < 4.78 is 27.4. The van der Waals surface area contributed by atoms with Crippen molar-refractivity contribution in [1.29, 1.82) is 0 Å². The predicted molar refractivity (Wildman–Crippen MR) is 128 cm³/mol. The summed E-state index contributed by atoms with van der Waals surface area (Å²) in [5.74, 6) is 3.02. The average Bonchev–Trinajstić information content (AvgIpc) is 3.32. The Morgan fingerprint density at radius 1 is 0.938 bits per heavy atom. The number of anilines is 1. The monoisotopic (exact) mass is 476 g/mol. The lowest BCUT2D eigenvalue weighted by Crippen LogP contribution is -2.33. The van der Waals surface area contributed by atoms with Crippen molar-refractivity contribution < 1.29 is 23.4 Å². The molecule has 0 bridgehead atoms. The van der Waals surface area contributed by atoms with Crippen LogP contribution in [0.25, 0.3) is 0 Å². The maximum Gasteiger partial charge on any atom is 0.203 e. The van der Waals surface area contributed by atoms with E-state index in [9.17, 15) is 0 Å². The van der Waals surface area contributed by atoms with Gasteiger partial charge in [-0.25, -0.2) is 0 Å². The molecule has 32 heavy (non-hydrogen) atoms. The number of rotatable bonds is 9. The normalized spacial score (nSPS) is 10.4. The van der Waals surface area contributed by atoms with Gasteiger partial charge in [-0.1, -0.05) is 11.6 Å². The lowest BCUT2D eigenvalue weighted by Gasteiger charge is -2.26. The van der Waals surface area contributed by atoms with Crippen LogP contribution in [-0.4, -0.2) is 38.5 Å². The molecule has 7 nitrogen and oxygen atoms in total. The highest BCUT2D eigenvalue weighted by molar-refractivity contribution is 7.80. The van der Waals surface area contributed by atoms with Gasteiger partial charge in [-0.15, -0.1) is 0 Å². The van der Waals surface area contributed by atoms with Gasteiger partial charge >= 0.3 is 0 Å². The Balaban J connectivity index is 1.90. The molecule has 0 saturated carbocycles. The highest BCUT2D eigenvalue weighted by atomic mass is 35.5. The van der Waals surface area contributed by atoms with Gasteiger partial charge < -0.3 is 33.6 Å². The Morgan fingerprint density at radius 3 is 2.19 bits per heavy atom. The Morgan fingerprint density at radius 2 is 1.62 bits per heavy atom. The van der Waals surface area contributed by atoms with Gasteiger partial charge in [0.2, 0.25) is 5.75 Å². The number of thiocarbonyl (C=S) groups is 1. The van der Waals surface area contributed by atoms with E-state index in [0.29, 0.717) is 51.9 Å². The predicted octanol–water partition coefficient (Wildman–Crippen LogP) is 5.37. The first-order chi connectivity index (χ1) is 15.5. The highest BCUT2D eigenvalue weighted by Gasteiger charge is 2.18. The van der Waals surface area contributed by atoms with Crippen LogP contribution in [0.1, 0.15) is 11.3 Å². The molecule has 3 aromatic rings. The van der Waals surface area contributed by atoms with Crippen molar-refractivity contribution >= 4 is 34.6 Å². The molecule has 0 aliphatic rings. The molecule has 0 aliphatic carbocycles. The van der Waals surface area contributed by atoms with Crippen molar-refractivity contribution in [3.8, 4) is 23.0 Å².